The van der Waals surface area contributed by atoms with Crippen molar-refractivity contribution in [3.05, 3.63) is 70.0 Å². The fourth-order valence-electron chi connectivity index (χ4n) is 4.56. The molecule has 2 aromatic carbocycles. The molecule has 6 nitrogen and oxygen atoms in total. The van der Waals surface area contributed by atoms with E-state index in [1.54, 1.807) is 0 Å². The molecule has 0 atom stereocenters. The van der Waals surface area contributed by atoms with Crippen LogP contribution in [-0.4, -0.2) is 39.6 Å². The summed E-state index contributed by atoms with van der Waals surface area (Å²) < 4.78 is 2.00. The van der Waals surface area contributed by atoms with E-state index < -0.39 is 0 Å². The van der Waals surface area contributed by atoms with Crippen molar-refractivity contribution in [3.63, 3.8) is 0 Å². The standard InChI is InChI=1S/C27H33Cl2N5O/c1-18(2)30-17-24-25(27(35)32-33(3)20-9-5-4-6-10-20)31-26(22-11-7-8-12-23(22)29)34(24)21-15-13-19(28)14-16-21/h7-8,11-16,18,20,30H,4-6,9-10,17H2,1-3H3,(H,32,35). The van der Waals surface area contributed by atoms with Crippen LogP contribution in [0.4, 0.5) is 0 Å². The van der Waals surface area contributed by atoms with Gasteiger partial charge in [0.2, 0.25) is 0 Å². The van der Waals surface area contributed by atoms with Crippen molar-refractivity contribution < 1.29 is 4.79 Å². The molecule has 0 saturated heterocycles. The molecule has 186 valence electrons. The second-order valence-electron chi connectivity index (χ2n) is 9.40. The average molecular weight is 515 g/mol. The Morgan fingerprint density at radius 1 is 1.09 bits per heavy atom. The van der Waals surface area contributed by atoms with Crippen LogP contribution in [0, 0.1) is 0 Å². The summed E-state index contributed by atoms with van der Waals surface area (Å²) in [6.45, 7) is 4.62. The molecule has 0 bridgehead atoms. The molecule has 0 spiro atoms. The van der Waals surface area contributed by atoms with E-state index >= 15 is 0 Å². The number of nitrogens with zero attached hydrogens (tertiary/aromatic N) is 3. The Bertz CT molecular complexity index is 1150. The molecule has 1 aliphatic rings. The Kier molecular flexibility index (Phi) is 8.50. The Labute approximate surface area is 217 Å². The van der Waals surface area contributed by atoms with Gasteiger partial charge in [0.15, 0.2) is 5.69 Å². The first-order chi connectivity index (χ1) is 16.8. The van der Waals surface area contributed by atoms with Gasteiger partial charge in [-0.3, -0.25) is 14.8 Å². The van der Waals surface area contributed by atoms with E-state index in [0.29, 0.717) is 34.2 Å². The number of halogens is 2. The van der Waals surface area contributed by atoms with Crippen LogP contribution in [-0.2, 0) is 6.54 Å². The molecular formula is C27H33Cl2N5O. The van der Waals surface area contributed by atoms with Gasteiger partial charge < -0.3 is 5.32 Å². The lowest BCUT2D eigenvalue weighted by Crippen LogP contribution is -2.47. The van der Waals surface area contributed by atoms with Crippen LogP contribution in [0.2, 0.25) is 10.0 Å². The third kappa shape index (κ3) is 6.07. The molecule has 0 aliphatic heterocycles. The van der Waals surface area contributed by atoms with Crippen molar-refractivity contribution in [2.45, 2.75) is 64.6 Å². The number of hydrogen-bond donors (Lipinski definition) is 2. The topological polar surface area (TPSA) is 62.2 Å². The van der Waals surface area contributed by atoms with Crippen LogP contribution in [0.5, 0.6) is 0 Å². The quantitative estimate of drug-likeness (QED) is 0.349. The minimum atomic E-state index is -0.223. The summed E-state index contributed by atoms with van der Waals surface area (Å²) >= 11 is 12.8. The number of nitrogens with one attached hydrogen (secondary N) is 2. The lowest BCUT2D eigenvalue weighted by Gasteiger charge is -2.31. The van der Waals surface area contributed by atoms with Crippen LogP contribution >= 0.6 is 23.2 Å². The van der Waals surface area contributed by atoms with E-state index in [-0.39, 0.29) is 11.9 Å². The van der Waals surface area contributed by atoms with Gasteiger partial charge in [-0.2, -0.15) is 0 Å². The van der Waals surface area contributed by atoms with Crippen molar-refractivity contribution in [1.29, 1.82) is 0 Å². The maximum atomic E-state index is 13.6. The highest BCUT2D eigenvalue weighted by Gasteiger charge is 2.27. The molecule has 4 rings (SSSR count). The summed E-state index contributed by atoms with van der Waals surface area (Å²) in [6.07, 6.45) is 5.81. The van der Waals surface area contributed by atoms with E-state index in [9.17, 15) is 4.79 Å². The fraction of sp³-hybridized carbons (Fsp3) is 0.407. The number of amides is 1. The zero-order chi connectivity index (χ0) is 24.9. The van der Waals surface area contributed by atoms with Gasteiger partial charge in [-0.25, -0.2) is 9.99 Å². The normalized spacial score (nSPS) is 14.6. The van der Waals surface area contributed by atoms with Gasteiger partial charge in [0, 0.05) is 41.9 Å². The number of rotatable bonds is 8. The highest BCUT2D eigenvalue weighted by atomic mass is 35.5. The van der Waals surface area contributed by atoms with Gasteiger partial charge in [-0.05, 0) is 49.2 Å². The lowest BCUT2D eigenvalue weighted by molar-refractivity contribution is 0.0705. The Morgan fingerprint density at radius 2 is 1.77 bits per heavy atom. The Balaban J connectivity index is 1.81. The lowest BCUT2D eigenvalue weighted by atomic mass is 9.95. The predicted octanol–water partition coefficient (Wildman–Crippen LogP) is 6.25. The number of imidazole rings is 1. The summed E-state index contributed by atoms with van der Waals surface area (Å²) in [5, 5.41) is 6.63. The van der Waals surface area contributed by atoms with Gasteiger partial charge in [-0.15, -0.1) is 0 Å². The van der Waals surface area contributed by atoms with Gasteiger partial charge in [-0.1, -0.05) is 68.4 Å². The number of aromatic nitrogens is 2. The highest BCUT2D eigenvalue weighted by Crippen LogP contribution is 2.32. The molecule has 1 fully saturated rings. The summed E-state index contributed by atoms with van der Waals surface area (Å²) in [4.78, 5) is 18.5. The van der Waals surface area contributed by atoms with E-state index in [1.165, 1.54) is 19.3 Å². The summed E-state index contributed by atoms with van der Waals surface area (Å²) in [5.74, 6) is 0.392. The second-order valence-corrected chi connectivity index (χ2v) is 10.2. The highest BCUT2D eigenvalue weighted by molar-refractivity contribution is 6.33. The SMILES string of the molecule is CC(C)NCc1c(C(=O)NN(C)C2CCCCC2)nc(-c2ccccc2Cl)n1-c1ccc(Cl)cc1. The molecule has 0 unspecified atom stereocenters. The smallest absolute Gasteiger partial charge is 0.286 e. The molecule has 1 saturated carbocycles. The minimum Gasteiger partial charge on any atom is -0.309 e. The van der Waals surface area contributed by atoms with Crippen LogP contribution in [0.3, 0.4) is 0 Å². The molecule has 2 N–H and O–H groups in total. The molecule has 8 heteroatoms. The first kappa shape index (κ1) is 25.7. The fourth-order valence-corrected chi connectivity index (χ4v) is 4.91. The largest absolute Gasteiger partial charge is 0.309 e. The maximum Gasteiger partial charge on any atom is 0.286 e. The second kappa shape index (κ2) is 11.6. The van der Waals surface area contributed by atoms with Gasteiger partial charge in [0.25, 0.3) is 5.91 Å². The Hall–Kier alpha value is -2.38. The number of carbonyl (C=O) groups is 1. The van der Waals surface area contributed by atoms with Gasteiger partial charge in [0.05, 0.1) is 10.7 Å². The van der Waals surface area contributed by atoms with Crippen molar-refractivity contribution in [1.82, 2.24) is 25.3 Å². The van der Waals surface area contributed by atoms with Gasteiger partial charge >= 0.3 is 0 Å². The van der Waals surface area contributed by atoms with Gasteiger partial charge in [0.1, 0.15) is 5.82 Å². The van der Waals surface area contributed by atoms with E-state index in [4.69, 9.17) is 28.2 Å². The first-order valence-electron chi connectivity index (χ1n) is 12.2. The number of hydrazine groups is 1. The predicted molar refractivity (Wildman–Crippen MR) is 143 cm³/mol. The number of hydrogen-bond acceptors (Lipinski definition) is 4. The molecule has 0 radical (unpaired) electrons. The summed E-state index contributed by atoms with van der Waals surface area (Å²) in [6, 6.07) is 15.7. The van der Waals surface area contributed by atoms with Crippen LogP contribution in [0.15, 0.2) is 48.5 Å². The van der Waals surface area contributed by atoms with Crippen molar-refractivity contribution in [2.75, 3.05) is 7.05 Å². The molecular weight excluding hydrogens is 481 g/mol. The molecule has 1 aromatic heterocycles. The van der Waals surface area contributed by atoms with Crippen molar-refractivity contribution in [2.24, 2.45) is 0 Å². The molecule has 1 amide bonds. The molecule has 1 aliphatic carbocycles. The third-order valence-corrected chi connectivity index (χ3v) is 7.05. The third-order valence-electron chi connectivity index (χ3n) is 6.47. The zero-order valence-electron chi connectivity index (χ0n) is 20.5. The van der Waals surface area contributed by atoms with Crippen molar-refractivity contribution in [3.8, 4) is 17.1 Å². The zero-order valence-corrected chi connectivity index (χ0v) is 22.0. The maximum absolute atomic E-state index is 13.6. The number of benzene rings is 2. The van der Waals surface area contributed by atoms with Crippen LogP contribution in [0.25, 0.3) is 17.1 Å². The van der Waals surface area contributed by atoms with E-state index in [2.05, 4.69) is 24.6 Å². The number of carbonyl (C=O) groups excluding carboxylic acids is 1. The monoisotopic (exact) mass is 513 g/mol. The van der Waals surface area contributed by atoms with Crippen LogP contribution < -0.4 is 10.7 Å². The molecule has 3 aromatic rings. The summed E-state index contributed by atoms with van der Waals surface area (Å²) in [7, 11) is 1.95. The van der Waals surface area contributed by atoms with E-state index in [1.807, 2.05) is 65.2 Å². The minimum absolute atomic E-state index is 0.223. The molecule has 35 heavy (non-hydrogen) atoms. The average Bonchev–Trinajstić information content (AvgIpc) is 3.23. The Morgan fingerprint density at radius 3 is 2.43 bits per heavy atom. The first-order valence-corrected chi connectivity index (χ1v) is 13.0. The molecule has 1 heterocycles. The van der Waals surface area contributed by atoms with Crippen LogP contribution in [0.1, 0.15) is 62.1 Å². The summed E-state index contributed by atoms with van der Waals surface area (Å²) in [5.41, 5.74) is 5.86. The van der Waals surface area contributed by atoms with E-state index in [0.717, 1.165) is 29.8 Å². The van der Waals surface area contributed by atoms with Crippen molar-refractivity contribution >= 4 is 29.1 Å².